The first-order chi connectivity index (χ1) is 8.06. The molecular formula is C12H25FN4. The van der Waals surface area contributed by atoms with E-state index in [-0.39, 0.29) is 11.9 Å². The van der Waals surface area contributed by atoms with E-state index in [0.29, 0.717) is 5.84 Å². The molecule has 1 fully saturated rings. The average Bonchev–Trinajstić information content (AvgIpc) is 2.34. The van der Waals surface area contributed by atoms with Crippen molar-refractivity contribution >= 4 is 11.7 Å². The Balaban J connectivity index is 0.00000121. The van der Waals surface area contributed by atoms with Gasteiger partial charge in [0.15, 0.2) is 0 Å². The number of nitrogens with zero attached hydrogens (tertiary/aromatic N) is 3. The van der Waals surface area contributed by atoms with Gasteiger partial charge in [-0.1, -0.05) is 23.5 Å². The van der Waals surface area contributed by atoms with Crippen LogP contribution in [0.5, 0.6) is 0 Å². The smallest absolute Gasteiger partial charge is 0.140 e. The van der Waals surface area contributed by atoms with Gasteiger partial charge in [-0.25, -0.2) is 0 Å². The number of hydrogen-bond donors (Lipinski definition) is 1. The first kappa shape index (κ1) is 16.0. The lowest BCUT2D eigenvalue weighted by molar-refractivity contribution is 0.209. The molecular weight excluding hydrogens is 219 g/mol. The lowest BCUT2D eigenvalue weighted by Crippen LogP contribution is -2.47. The number of amidine groups is 2. The molecule has 1 aliphatic heterocycles. The second kappa shape index (κ2) is 8.17. The van der Waals surface area contributed by atoms with Crippen molar-refractivity contribution in [1.29, 1.82) is 5.41 Å². The minimum Gasteiger partial charge on any atom is -0.314 e. The van der Waals surface area contributed by atoms with Crippen molar-refractivity contribution in [2.24, 2.45) is 5.21 Å². The van der Waals surface area contributed by atoms with Gasteiger partial charge in [-0.2, -0.15) is 0 Å². The lowest BCUT2D eigenvalue weighted by atomic mass is 10.0. The van der Waals surface area contributed by atoms with Gasteiger partial charge >= 0.3 is 0 Å². The van der Waals surface area contributed by atoms with E-state index in [1.807, 2.05) is 13.8 Å². The van der Waals surface area contributed by atoms with Crippen LogP contribution in [-0.2, 0) is 0 Å². The van der Waals surface area contributed by atoms with Gasteiger partial charge in [-0.3, -0.25) is 5.41 Å². The predicted octanol–water partition coefficient (Wildman–Crippen LogP) is 2.71. The van der Waals surface area contributed by atoms with Crippen molar-refractivity contribution in [3.05, 3.63) is 0 Å². The van der Waals surface area contributed by atoms with Crippen LogP contribution in [0.15, 0.2) is 5.21 Å². The average molecular weight is 244 g/mol. The van der Waals surface area contributed by atoms with Crippen molar-refractivity contribution < 1.29 is 4.48 Å². The summed E-state index contributed by atoms with van der Waals surface area (Å²) in [5, 5.41) is 10.3. The fourth-order valence-corrected chi connectivity index (χ4v) is 2.07. The summed E-state index contributed by atoms with van der Waals surface area (Å²) in [5.41, 5.74) is 0. The fourth-order valence-electron chi connectivity index (χ4n) is 2.07. The zero-order chi connectivity index (χ0) is 13.4. The van der Waals surface area contributed by atoms with Gasteiger partial charge in [0.2, 0.25) is 0 Å². The Morgan fingerprint density at radius 3 is 2.12 bits per heavy atom. The van der Waals surface area contributed by atoms with Crippen molar-refractivity contribution in [2.45, 2.75) is 46.6 Å². The number of piperidine rings is 1. The summed E-state index contributed by atoms with van der Waals surface area (Å²) in [5.74, 6) is 0.653. The molecule has 0 aliphatic carbocycles. The largest absolute Gasteiger partial charge is 0.314 e. The molecule has 100 valence electrons. The maximum absolute atomic E-state index is 12.3. The molecule has 0 aromatic carbocycles. The molecule has 0 aromatic heterocycles. The maximum Gasteiger partial charge on any atom is 0.140 e. The van der Waals surface area contributed by atoms with E-state index in [2.05, 4.69) is 17.2 Å². The number of nitrogens with one attached hydrogen (secondary N) is 1. The van der Waals surface area contributed by atoms with Crippen LogP contribution >= 0.6 is 0 Å². The normalized spacial score (nSPS) is 18.4. The number of likely N-dealkylation sites (tertiary alicyclic amines) is 1. The Morgan fingerprint density at radius 1 is 1.29 bits per heavy atom. The van der Waals surface area contributed by atoms with Crippen LogP contribution in [-0.4, -0.2) is 47.7 Å². The maximum atomic E-state index is 12.3. The van der Waals surface area contributed by atoms with Crippen LogP contribution in [0.25, 0.3) is 0 Å². The number of hydrogen-bond acceptors (Lipinski definition) is 3. The third-order valence-electron chi connectivity index (χ3n) is 2.89. The summed E-state index contributed by atoms with van der Waals surface area (Å²) >= 11 is 0. The quantitative estimate of drug-likeness (QED) is 0.569. The molecule has 1 heterocycles. The predicted molar refractivity (Wildman–Crippen MR) is 71.3 cm³/mol. The van der Waals surface area contributed by atoms with E-state index in [1.165, 1.54) is 0 Å². The van der Waals surface area contributed by atoms with Gasteiger partial charge in [-0.15, -0.1) is 0 Å². The standard InChI is InChI=1S/C10H19FN4.C2H6/c1-8(12)15(9(2)13-11)10-4-6-14(3)7-5-10;1-2/h10,12H,4-7H2,1-3H3;1-2H3/b12-8?,13-9+;. The molecule has 5 heteroatoms. The molecule has 4 nitrogen and oxygen atoms in total. The van der Waals surface area contributed by atoms with Crippen LogP contribution in [0.3, 0.4) is 0 Å². The van der Waals surface area contributed by atoms with Crippen LogP contribution in [0.2, 0.25) is 0 Å². The molecule has 0 saturated carbocycles. The molecule has 0 atom stereocenters. The van der Waals surface area contributed by atoms with Crippen LogP contribution < -0.4 is 0 Å². The highest BCUT2D eigenvalue weighted by atomic mass is 19.2. The second-order valence-electron chi connectivity index (χ2n) is 4.12. The van der Waals surface area contributed by atoms with Crippen molar-refractivity contribution in [2.75, 3.05) is 20.1 Å². The first-order valence-electron chi connectivity index (χ1n) is 6.24. The Kier molecular flexibility index (Phi) is 7.70. The summed E-state index contributed by atoms with van der Waals surface area (Å²) in [6.45, 7) is 9.27. The zero-order valence-corrected chi connectivity index (χ0v) is 11.6. The third kappa shape index (κ3) is 4.81. The van der Waals surface area contributed by atoms with E-state index >= 15 is 0 Å². The van der Waals surface area contributed by atoms with Crippen molar-refractivity contribution in [1.82, 2.24) is 9.80 Å². The Morgan fingerprint density at radius 2 is 1.76 bits per heavy atom. The minimum atomic E-state index is 0.221. The van der Waals surface area contributed by atoms with E-state index in [9.17, 15) is 4.48 Å². The molecule has 0 amide bonds. The Labute approximate surface area is 104 Å². The molecule has 0 radical (unpaired) electrons. The minimum absolute atomic E-state index is 0.221. The molecule has 1 aliphatic rings. The van der Waals surface area contributed by atoms with E-state index in [1.54, 1.807) is 18.7 Å². The van der Waals surface area contributed by atoms with Crippen LogP contribution in [0, 0.1) is 5.41 Å². The number of rotatable bonds is 1. The summed E-state index contributed by atoms with van der Waals surface area (Å²) in [6.07, 6.45) is 1.92. The molecule has 1 saturated heterocycles. The highest BCUT2D eigenvalue weighted by Crippen LogP contribution is 2.16. The highest BCUT2D eigenvalue weighted by molar-refractivity contribution is 5.97. The fraction of sp³-hybridized carbons (Fsp3) is 0.833. The summed E-state index contributed by atoms with van der Waals surface area (Å²) in [4.78, 5) is 3.93. The lowest BCUT2D eigenvalue weighted by Gasteiger charge is -2.37. The van der Waals surface area contributed by atoms with Crippen LogP contribution in [0.1, 0.15) is 40.5 Å². The molecule has 0 aromatic rings. The van der Waals surface area contributed by atoms with Gasteiger partial charge in [0.25, 0.3) is 0 Å². The first-order valence-corrected chi connectivity index (χ1v) is 6.24. The SMILES string of the molecule is CC.CC(=N)N(/C(C)=N/F)C1CCN(C)CC1. The van der Waals surface area contributed by atoms with Gasteiger partial charge in [0.1, 0.15) is 5.84 Å². The molecule has 1 N–H and O–H groups in total. The Bertz CT molecular complexity index is 257. The Hall–Kier alpha value is -0.970. The second-order valence-corrected chi connectivity index (χ2v) is 4.12. The monoisotopic (exact) mass is 244 g/mol. The summed E-state index contributed by atoms with van der Waals surface area (Å²) in [6, 6.07) is 0.221. The van der Waals surface area contributed by atoms with Crippen molar-refractivity contribution in [3.8, 4) is 0 Å². The van der Waals surface area contributed by atoms with Gasteiger partial charge in [0.05, 0.1) is 5.84 Å². The number of halogens is 1. The van der Waals surface area contributed by atoms with Gasteiger partial charge in [0, 0.05) is 6.04 Å². The summed E-state index contributed by atoms with van der Waals surface area (Å²) in [7, 11) is 2.08. The van der Waals surface area contributed by atoms with E-state index < -0.39 is 0 Å². The van der Waals surface area contributed by atoms with Crippen LogP contribution in [0.4, 0.5) is 4.48 Å². The molecule has 1 rings (SSSR count). The highest BCUT2D eigenvalue weighted by Gasteiger charge is 2.25. The summed E-state index contributed by atoms with van der Waals surface area (Å²) < 4.78 is 12.3. The molecule has 17 heavy (non-hydrogen) atoms. The van der Waals surface area contributed by atoms with E-state index in [0.717, 1.165) is 25.9 Å². The topological polar surface area (TPSA) is 42.7 Å². The van der Waals surface area contributed by atoms with E-state index in [4.69, 9.17) is 5.41 Å². The molecule has 0 bridgehead atoms. The van der Waals surface area contributed by atoms with Crippen molar-refractivity contribution in [3.63, 3.8) is 0 Å². The third-order valence-corrected chi connectivity index (χ3v) is 2.89. The van der Waals surface area contributed by atoms with Gasteiger partial charge in [-0.05, 0) is 46.8 Å². The molecule has 0 spiro atoms. The molecule has 0 unspecified atom stereocenters. The zero-order valence-electron chi connectivity index (χ0n) is 11.6. The van der Waals surface area contributed by atoms with Gasteiger partial charge < -0.3 is 9.80 Å².